The molecule has 11 nitrogen and oxygen atoms in total. The Balaban J connectivity index is 1.45. The second kappa shape index (κ2) is 10.0. The third-order valence-electron chi connectivity index (χ3n) is 5.78. The van der Waals surface area contributed by atoms with Gasteiger partial charge in [0, 0.05) is 35.0 Å². The molecule has 3 heterocycles. The molecule has 0 amide bonds. The highest BCUT2D eigenvalue weighted by Crippen LogP contribution is 2.37. The maximum absolute atomic E-state index is 11.0. The van der Waals surface area contributed by atoms with E-state index in [1.807, 2.05) is 35.0 Å². The summed E-state index contributed by atoms with van der Waals surface area (Å²) in [5.74, 6) is 1.81. The molecule has 1 aliphatic rings. The first-order chi connectivity index (χ1) is 17.1. The number of hydrogen-bond donors (Lipinski definition) is 3. The number of benzene rings is 1. The molecular weight excluding hydrogens is 448 g/mol. The Morgan fingerprint density at radius 1 is 1.29 bits per heavy atom. The van der Waals surface area contributed by atoms with Gasteiger partial charge in [0.1, 0.15) is 24.2 Å². The highest BCUT2D eigenvalue weighted by molar-refractivity contribution is 5.88. The van der Waals surface area contributed by atoms with E-state index < -0.39 is 6.04 Å². The number of fused-ring (bicyclic) bond motifs is 1. The molecule has 1 aromatic carbocycles. The van der Waals surface area contributed by atoms with Crippen molar-refractivity contribution in [2.45, 2.75) is 31.5 Å². The van der Waals surface area contributed by atoms with Gasteiger partial charge in [-0.2, -0.15) is 10.0 Å². The number of hydrogen-bond acceptors (Lipinski definition) is 9. The molecule has 0 unspecified atom stereocenters. The summed E-state index contributed by atoms with van der Waals surface area (Å²) in [5, 5.41) is 24.5. The Hall–Kier alpha value is -4.12. The van der Waals surface area contributed by atoms with Crippen molar-refractivity contribution in [2.75, 3.05) is 25.5 Å². The molecular formula is C24H27N8O3+. The van der Waals surface area contributed by atoms with Crippen molar-refractivity contribution in [1.82, 2.24) is 25.1 Å². The number of ether oxygens (including phenoxy) is 1. The minimum atomic E-state index is -0.476. The Kier molecular flexibility index (Phi) is 6.49. The second-order valence-corrected chi connectivity index (χ2v) is 8.55. The average molecular weight is 476 g/mol. The van der Waals surface area contributed by atoms with Gasteiger partial charge in [0.05, 0.1) is 17.6 Å². The molecule has 0 radical (unpaired) electrons. The minimum absolute atomic E-state index is 0.177. The number of anilines is 1. The lowest BCUT2D eigenvalue weighted by Gasteiger charge is -2.12. The van der Waals surface area contributed by atoms with Crippen LogP contribution in [0, 0.1) is 4.91 Å². The maximum atomic E-state index is 11.0. The van der Waals surface area contributed by atoms with Gasteiger partial charge in [-0.25, -0.2) is 14.6 Å². The predicted octanol–water partition coefficient (Wildman–Crippen LogP) is 2.70. The van der Waals surface area contributed by atoms with Gasteiger partial charge in [0.2, 0.25) is 12.4 Å². The summed E-state index contributed by atoms with van der Waals surface area (Å²) in [7, 11) is 1.77. The van der Waals surface area contributed by atoms with Gasteiger partial charge in [-0.15, -0.1) is 0 Å². The monoisotopic (exact) mass is 475 g/mol. The van der Waals surface area contributed by atoms with Gasteiger partial charge >= 0.3 is 0 Å². The van der Waals surface area contributed by atoms with Gasteiger partial charge < -0.3 is 15.4 Å². The molecule has 0 aliphatic heterocycles. The van der Waals surface area contributed by atoms with E-state index in [0.29, 0.717) is 36.5 Å². The lowest BCUT2D eigenvalue weighted by molar-refractivity contribution is -0.905. The first kappa shape index (κ1) is 22.7. The van der Waals surface area contributed by atoms with E-state index in [1.165, 1.54) is 0 Å². The Morgan fingerprint density at radius 3 is 2.94 bits per heavy atom. The van der Waals surface area contributed by atoms with E-state index in [2.05, 4.69) is 20.9 Å². The van der Waals surface area contributed by atoms with Crippen LogP contribution in [0.5, 0.6) is 5.75 Å². The molecule has 1 saturated carbocycles. The van der Waals surface area contributed by atoms with Crippen molar-refractivity contribution >= 4 is 16.9 Å². The molecule has 0 saturated heterocycles. The van der Waals surface area contributed by atoms with E-state index in [1.54, 1.807) is 31.7 Å². The largest absolute Gasteiger partial charge is 0.491 e. The third kappa shape index (κ3) is 5.19. The number of pyridine rings is 1. The zero-order valence-corrected chi connectivity index (χ0v) is 19.3. The van der Waals surface area contributed by atoms with Crippen LogP contribution in [0.1, 0.15) is 24.4 Å². The summed E-state index contributed by atoms with van der Waals surface area (Å²) in [4.78, 5) is 20.6. The fourth-order valence-corrected chi connectivity index (χ4v) is 3.86. The fourth-order valence-electron chi connectivity index (χ4n) is 3.86. The van der Waals surface area contributed by atoms with E-state index in [4.69, 9.17) is 14.7 Å². The van der Waals surface area contributed by atoms with Crippen molar-refractivity contribution < 1.29 is 14.7 Å². The molecule has 1 atom stereocenters. The number of aromatic nitrogens is 5. The van der Waals surface area contributed by atoms with Crippen molar-refractivity contribution in [3.8, 4) is 17.1 Å². The molecule has 0 bridgehead atoms. The van der Waals surface area contributed by atoms with Crippen molar-refractivity contribution in [1.29, 1.82) is 0 Å². The standard InChI is InChI=1S/C24H27N8O3/c1-25-12-18(30-33)15-35-20-6-2-5-17(10-20)22-28-23(26-11-16-4-3-9-31(34)14-16)21-13-27-32(19-7-8-19)24(21)29-22/h2-6,9-10,13-14,18-19,25,34H,7-8,11-12,15H2,1H3,(H,26,28,29)/q+1/t18-/m0/s1. The summed E-state index contributed by atoms with van der Waals surface area (Å²) in [6.07, 6.45) is 7.16. The van der Waals surface area contributed by atoms with Gasteiger partial charge in [-0.1, -0.05) is 17.3 Å². The molecule has 3 N–H and O–H groups in total. The highest BCUT2D eigenvalue weighted by Gasteiger charge is 2.28. The van der Waals surface area contributed by atoms with Crippen molar-refractivity contribution in [3.05, 3.63) is 65.5 Å². The maximum Gasteiger partial charge on any atom is 0.227 e. The molecule has 3 aromatic heterocycles. The van der Waals surface area contributed by atoms with E-state index in [0.717, 1.165) is 39.7 Å². The summed E-state index contributed by atoms with van der Waals surface area (Å²) in [6.45, 7) is 1.09. The van der Waals surface area contributed by atoms with Crippen LogP contribution in [0.4, 0.5) is 5.82 Å². The van der Waals surface area contributed by atoms with Gasteiger partial charge in [0.25, 0.3) is 0 Å². The highest BCUT2D eigenvalue weighted by atomic mass is 16.5. The predicted molar refractivity (Wildman–Crippen MR) is 129 cm³/mol. The molecule has 1 fully saturated rings. The summed E-state index contributed by atoms with van der Waals surface area (Å²) < 4.78 is 8.81. The van der Waals surface area contributed by atoms with Crippen LogP contribution in [0.2, 0.25) is 0 Å². The number of nitrogens with zero attached hydrogens (tertiary/aromatic N) is 6. The zero-order chi connectivity index (χ0) is 24.2. The number of rotatable bonds is 11. The van der Waals surface area contributed by atoms with Crippen LogP contribution >= 0.6 is 0 Å². The second-order valence-electron chi connectivity index (χ2n) is 8.55. The quantitative estimate of drug-likeness (QED) is 0.171. The SMILES string of the molecule is CNC[C@@H](COc1cccc(-c2nc(NCc3ccc[n+](O)c3)c3cnn(C4CC4)c3n2)c1)N=O. The minimum Gasteiger partial charge on any atom is -0.491 e. The van der Waals surface area contributed by atoms with Crippen LogP contribution in [0.3, 0.4) is 0 Å². The lowest BCUT2D eigenvalue weighted by Crippen LogP contribution is -2.29. The number of nitroso groups, excluding NO2 is 1. The summed E-state index contributed by atoms with van der Waals surface area (Å²) in [5.41, 5.74) is 2.46. The topological polar surface area (TPSA) is 130 Å². The molecule has 0 spiro atoms. The van der Waals surface area contributed by atoms with Crippen LogP contribution in [0.25, 0.3) is 22.4 Å². The molecule has 4 aromatic rings. The normalized spacial score (nSPS) is 14.1. The average Bonchev–Trinajstić information content (AvgIpc) is 3.63. The Bertz CT molecular complexity index is 1340. The summed E-state index contributed by atoms with van der Waals surface area (Å²) >= 11 is 0. The molecule has 5 rings (SSSR count). The van der Waals surface area contributed by atoms with E-state index in [-0.39, 0.29) is 6.61 Å². The van der Waals surface area contributed by atoms with Crippen LogP contribution in [-0.2, 0) is 6.54 Å². The van der Waals surface area contributed by atoms with Crippen LogP contribution < -0.4 is 20.1 Å². The van der Waals surface area contributed by atoms with Gasteiger partial charge in [-0.05, 0) is 38.1 Å². The number of likely N-dealkylation sites (N-methyl/N-ethyl adjacent to an activating group) is 1. The van der Waals surface area contributed by atoms with Gasteiger partial charge in [0.15, 0.2) is 11.5 Å². The fraction of sp³-hybridized carbons (Fsp3) is 0.333. The van der Waals surface area contributed by atoms with E-state index >= 15 is 0 Å². The van der Waals surface area contributed by atoms with Crippen LogP contribution in [-0.4, -0.2) is 51.2 Å². The first-order valence-corrected chi connectivity index (χ1v) is 11.5. The van der Waals surface area contributed by atoms with Crippen LogP contribution in [0.15, 0.2) is 60.2 Å². The van der Waals surface area contributed by atoms with Crippen molar-refractivity contribution in [3.63, 3.8) is 0 Å². The number of nitrogens with one attached hydrogen (secondary N) is 2. The smallest absolute Gasteiger partial charge is 0.227 e. The Morgan fingerprint density at radius 2 is 2.17 bits per heavy atom. The first-order valence-electron chi connectivity index (χ1n) is 11.5. The molecule has 11 heteroatoms. The molecule has 35 heavy (non-hydrogen) atoms. The summed E-state index contributed by atoms with van der Waals surface area (Å²) in [6, 6.07) is 11.1. The molecule has 180 valence electrons. The zero-order valence-electron chi connectivity index (χ0n) is 19.3. The third-order valence-corrected chi connectivity index (χ3v) is 5.78. The van der Waals surface area contributed by atoms with Crippen molar-refractivity contribution in [2.24, 2.45) is 5.18 Å². The lowest BCUT2D eigenvalue weighted by atomic mass is 10.2. The van der Waals surface area contributed by atoms with E-state index in [9.17, 15) is 10.1 Å². The Labute approximate surface area is 201 Å². The molecule has 1 aliphatic carbocycles. The van der Waals surface area contributed by atoms with Gasteiger partial charge in [-0.3, -0.25) is 5.21 Å².